The molecule has 0 saturated carbocycles. The normalized spacial score (nSPS) is 23.0. The Morgan fingerprint density at radius 3 is 2.44 bits per heavy atom. The first-order chi connectivity index (χ1) is 12.4. The minimum atomic E-state index is -2.18. The van der Waals surface area contributed by atoms with Gasteiger partial charge in [-0.15, -0.1) is 0 Å². The van der Waals surface area contributed by atoms with Crippen molar-refractivity contribution in [2.24, 2.45) is 5.92 Å². The van der Waals surface area contributed by atoms with E-state index in [1.54, 1.807) is 0 Å². The van der Waals surface area contributed by atoms with Crippen LogP contribution in [0, 0.1) is 12.8 Å². The van der Waals surface area contributed by atoms with Crippen LogP contribution in [0.2, 0.25) is 18.1 Å². The maximum absolute atomic E-state index is 12.2. The van der Waals surface area contributed by atoms with Crippen LogP contribution in [0.5, 0.6) is 0 Å². The van der Waals surface area contributed by atoms with Crippen LogP contribution in [-0.2, 0) is 18.8 Å². The van der Waals surface area contributed by atoms with Gasteiger partial charge in [0.1, 0.15) is 12.4 Å². The van der Waals surface area contributed by atoms with Crippen molar-refractivity contribution in [2.75, 3.05) is 0 Å². The zero-order chi connectivity index (χ0) is 20.6. The van der Waals surface area contributed by atoms with Crippen LogP contribution in [0.1, 0.15) is 51.2 Å². The molecule has 0 aromatic heterocycles. The Hall–Kier alpha value is -0.983. The fourth-order valence-corrected chi connectivity index (χ4v) is 4.88. The summed E-state index contributed by atoms with van der Waals surface area (Å²) < 4.78 is 13.3. The molecule has 4 atom stereocenters. The van der Waals surface area contributed by atoms with Crippen molar-refractivity contribution >= 4 is 36.5 Å². The molecular weight excluding hydrogens is 424 g/mol. The monoisotopic (exact) mass is 454 g/mol. The van der Waals surface area contributed by atoms with Gasteiger partial charge in [0.25, 0.3) is 0 Å². The first kappa shape index (κ1) is 22.3. The van der Waals surface area contributed by atoms with E-state index >= 15 is 0 Å². The number of rotatable bonds is 6. The summed E-state index contributed by atoms with van der Waals surface area (Å²) in [7, 11) is -2.18. The molecule has 1 aromatic rings. The number of cyclic esters (lactones) is 1. The summed E-state index contributed by atoms with van der Waals surface area (Å²) in [4.78, 5) is 24.3. The molecule has 0 bridgehead atoms. The van der Waals surface area contributed by atoms with Gasteiger partial charge >= 0.3 is 5.97 Å². The maximum Gasteiger partial charge on any atom is 0.309 e. The molecule has 0 spiro atoms. The molecule has 1 aliphatic heterocycles. The lowest BCUT2D eigenvalue weighted by atomic mass is 9.87. The SMILES string of the molecule is Cc1c(Br)cccc1[C@H](C=O)[C@H](O[Si](C)(C)C(C)(C)C)[C@H]1C[C@H](C)C(=O)O1. The third-order valence-electron chi connectivity index (χ3n) is 6.03. The highest BCUT2D eigenvalue weighted by Gasteiger charge is 2.47. The molecule has 6 heteroatoms. The predicted molar refractivity (Wildman–Crippen MR) is 113 cm³/mol. The van der Waals surface area contributed by atoms with Gasteiger partial charge in [-0.2, -0.15) is 0 Å². The Morgan fingerprint density at radius 2 is 1.96 bits per heavy atom. The van der Waals surface area contributed by atoms with Crippen molar-refractivity contribution in [3.05, 3.63) is 33.8 Å². The second-order valence-electron chi connectivity index (χ2n) is 9.07. The van der Waals surface area contributed by atoms with Crippen LogP contribution < -0.4 is 0 Å². The van der Waals surface area contributed by atoms with Crippen LogP contribution in [0.15, 0.2) is 22.7 Å². The molecule has 1 aromatic carbocycles. The number of halogens is 1. The van der Waals surface area contributed by atoms with E-state index in [9.17, 15) is 9.59 Å². The zero-order valence-corrected chi connectivity index (χ0v) is 19.9. The van der Waals surface area contributed by atoms with Crippen LogP contribution >= 0.6 is 15.9 Å². The Kier molecular flexibility index (Phi) is 6.75. The largest absolute Gasteiger partial charge is 0.459 e. The van der Waals surface area contributed by atoms with Crippen molar-refractivity contribution in [3.8, 4) is 0 Å². The number of hydrogen-bond donors (Lipinski definition) is 0. The average Bonchev–Trinajstić information content (AvgIpc) is 2.89. The van der Waals surface area contributed by atoms with Crippen molar-refractivity contribution in [1.82, 2.24) is 0 Å². The molecule has 0 radical (unpaired) electrons. The molecule has 4 nitrogen and oxygen atoms in total. The van der Waals surface area contributed by atoms with Crippen molar-refractivity contribution in [2.45, 2.75) is 77.3 Å². The molecule has 1 saturated heterocycles. The van der Waals surface area contributed by atoms with Gasteiger partial charge in [0.15, 0.2) is 8.32 Å². The first-order valence-electron chi connectivity index (χ1n) is 9.47. The number of aldehydes is 1. The molecule has 1 heterocycles. The summed E-state index contributed by atoms with van der Waals surface area (Å²) in [5.74, 6) is -0.865. The van der Waals surface area contributed by atoms with E-state index in [0.717, 1.165) is 21.9 Å². The summed E-state index contributed by atoms with van der Waals surface area (Å²) in [6.07, 6.45) is 0.638. The van der Waals surface area contributed by atoms with Gasteiger partial charge in [0.05, 0.1) is 17.9 Å². The minimum absolute atomic E-state index is 0.0147. The highest BCUT2D eigenvalue weighted by molar-refractivity contribution is 9.10. The van der Waals surface area contributed by atoms with Gasteiger partial charge in [-0.05, 0) is 48.7 Å². The summed E-state index contributed by atoms with van der Waals surface area (Å²) >= 11 is 3.56. The van der Waals surface area contributed by atoms with Crippen LogP contribution in [0.3, 0.4) is 0 Å². The third-order valence-corrected chi connectivity index (χ3v) is 11.4. The smallest absolute Gasteiger partial charge is 0.309 e. The second kappa shape index (κ2) is 8.17. The van der Waals surface area contributed by atoms with Gasteiger partial charge in [0, 0.05) is 4.47 Å². The number of esters is 1. The van der Waals surface area contributed by atoms with E-state index in [2.05, 4.69) is 49.8 Å². The van der Waals surface area contributed by atoms with E-state index in [4.69, 9.17) is 9.16 Å². The summed E-state index contributed by atoms with van der Waals surface area (Å²) in [6.45, 7) is 14.7. The van der Waals surface area contributed by atoms with E-state index < -0.39 is 26.4 Å². The maximum atomic E-state index is 12.2. The van der Waals surface area contributed by atoms with Crippen molar-refractivity contribution in [1.29, 1.82) is 0 Å². The molecule has 0 aliphatic carbocycles. The van der Waals surface area contributed by atoms with E-state index in [-0.39, 0.29) is 16.9 Å². The lowest BCUT2D eigenvalue weighted by Crippen LogP contribution is -2.49. The molecule has 150 valence electrons. The lowest BCUT2D eigenvalue weighted by Gasteiger charge is -2.42. The molecule has 0 unspecified atom stereocenters. The van der Waals surface area contributed by atoms with Crippen LogP contribution in [-0.4, -0.2) is 32.8 Å². The third kappa shape index (κ3) is 4.72. The highest BCUT2D eigenvalue weighted by Crippen LogP contribution is 2.42. The quantitative estimate of drug-likeness (QED) is 0.328. The number of benzene rings is 1. The second-order valence-corrected chi connectivity index (χ2v) is 14.7. The summed E-state index contributed by atoms with van der Waals surface area (Å²) in [5.41, 5.74) is 1.93. The van der Waals surface area contributed by atoms with Crippen molar-refractivity contribution in [3.63, 3.8) is 0 Å². The first-order valence-corrected chi connectivity index (χ1v) is 13.2. The molecule has 1 aliphatic rings. The molecule has 0 N–H and O–H groups in total. The van der Waals surface area contributed by atoms with Gasteiger partial charge in [0.2, 0.25) is 0 Å². The Morgan fingerprint density at radius 1 is 1.33 bits per heavy atom. The zero-order valence-electron chi connectivity index (χ0n) is 17.3. The standard InChI is InChI=1S/C21H31BrO4Si/c1-13-11-18(25-20(13)24)19(26-27(6,7)21(3,4)5)16(12-23)15-9-8-10-17(22)14(15)2/h8-10,12-13,16,18-19H,11H2,1-7H3/t13-,16-,18+,19-/m0/s1. The Bertz CT molecular complexity index is 711. The fraction of sp³-hybridized carbons (Fsp3) is 0.619. The Balaban J connectivity index is 2.48. The Labute approximate surface area is 172 Å². The molecule has 2 rings (SSSR count). The van der Waals surface area contributed by atoms with Gasteiger partial charge < -0.3 is 14.0 Å². The molecule has 27 heavy (non-hydrogen) atoms. The predicted octanol–water partition coefficient (Wildman–Crippen LogP) is 5.38. The van der Waals surface area contributed by atoms with E-state index in [0.29, 0.717) is 6.42 Å². The highest BCUT2D eigenvalue weighted by atomic mass is 79.9. The number of ether oxygens (including phenoxy) is 1. The minimum Gasteiger partial charge on any atom is -0.459 e. The fourth-order valence-electron chi connectivity index (χ4n) is 3.17. The molecule has 0 amide bonds. The average molecular weight is 455 g/mol. The van der Waals surface area contributed by atoms with E-state index in [1.165, 1.54) is 0 Å². The lowest BCUT2D eigenvalue weighted by molar-refractivity contribution is -0.148. The molecular formula is C21H31BrO4Si. The van der Waals surface area contributed by atoms with Crippen LogP contribution in [0.4, 0.5) is 0 Å². The van der Waals surface area contributed by atoms with Gasteiger partial charge in [-0.25, -0.2) is 0 Å². The summed E-state index contributed by atoms with van der Waals surface area (Å²) in [5, 5.41) is -0.0147. The van der Waals surface area contributed by atoms with Gasteiger partial charge in [-0.3, -0.25) is 4.79 Å². The molecule has 1 fully saturated rings. The van der Waals surface area contributed by atoms with Crippen molar-refractivity contribution < 1.29 is 18.8 Å². The number of carbonyl (C=O) groups excluding carboxylic acids is 2. The van der Waals surface area contributed by atoms with E-state index in [1.807, 2.05) is 32.0 Å². The number of carbonyl (C=O) groups is 2. The van der Waals surface area contributed by atoms with Gasteiger partial charge in [-0.1, -0.05) is 55.8 Å². The topological polar surface area (TPSA) is 52.6 Å². The summed E-state index contributed by atoms with van der Waals surface area (Å²) in [6, 6.07) is 5.85. The van der Waals surface area contributed by atoms with Crippen LogP contribution in [0.25, 0.3) is 0 Å². The number of hydrogen-bond acceptors (Lipinski definition) is 4.